The summed E-state index contributed by atoms with van der Waals surface area (Å²) in [5.41, 5.74) is 1.66. The van der Waals surface area contributed by atoms with Crippen molar-refractivity contribution in [3.63, 3.8) is 0 Å². The second-order valence-electron chi connectivity index (χ2n) is 6.49. The lowest BCUT2D eigenvalue weighted by Crippen LogP contribution is -2.48. The van der Waals surface area contributed by atoms with Gasteiger partial charge < -0.3 is 15.0 Å². The summed E-state index contributed by atoms with van der Waals surface area (Å²) < 4.78 is 30.1. The fourth-order valence-electron chi connectivity index (χ4n) is 2.91. The second-order valence-corrected chi connectivity index (χ2v) is 8.91. The minimum atomic E-state index is -3.14. The van der Waals surface area contributed by atoms with Crippen LogP contribution >= 0.6 is 11.6 Å². The highest BCUT2D eigenvalue weighted by atomic mass is 35.5. The van der Waals surface area contributed by atoms with Gasteiger partial charge in [-0.1, -0.05) is 11.6 Å². The molecular formula is C19H22ClN3O4S. The highest BCUT2D eigenvalue weighted by molar-refractivity contribution is 7.88. The number of hydrogen-bond donors (Lipinski definition) is 1. The van der Waals surface area contributed by atoms with Gasteiger partial charge in [-0.25, -0.2) is 8.42 Å². The lowest BCUT2D eigenvalue weighted by molar-refractivity contribution is -0.118. The first kappa shape index (κ1) is 20.4. The van der Waals surface area contributed by atoms with Crippen LogP contribution in [0.4, 0.5) is 11.4 Å². The summed E-state index contributed by atoms with van der Waals surface area (Å²) in [4.78, 5) is 14.2. The number of nitrogens with zero attached hydrogens (tertiary/aromatic N) is 2. The highest BCUT2D eigenvalue weighted by Crippen LogP contribution is 2.20. The van der Waals surface area contributed by atoms with Crippen LogP contribution in [-0.2, 0) is 14.8 Å². The van der Waals surface area contributed by atoms with Gasteiger partial charge in [-0.3, -0.25) is 4.79 Å². The number of piperazine rings is 1. The van der Waals surface area contributed by atoms with Crippen molar-refractivity contribution in [2.24, 2.45) is 0 Å². The van der Waals surface area contributed by atoms with E-state index in [-0.39, 0.29) is 12.5 Å². The molecule has 1 saturated heterocycles. The van der Waals surface area contributed by atoms with Crippen molar-refractivity contribution in [1.82, 2.24) is 4.31 Å². The number of halogens is 1. The average Bonchev–Trinajstić information content (AvgIpc) is 2.68. The van der Waals surface area contributed by atoms with Crippen LogP contribution in [0.3, 0.4) is 0 Å². The van der Waals surface area contributed by atoms with Gasteiger partial charge in [0, 0.05) is 42.6 Å². The molecule has 7 nitrogen and oxygen atoms in total. The van der Waals surface area contributed by atoms with Crippen molar-refractivity contribution in [2.45, 2.75) is 0 Å². The van der Waals surface area contributed by atoms with E-state index in [1.807, 2.05) is 24.3 Å². The van der Waals surface area contributed by atoms with Gasteiger partial charge in [0.1, 0.15) is 5.75 Å². The maximum absolute atomic E-state index is 12.0. The smallest absolute Gasteiger partial charge is 0.262 e. The van der Waals surface area contributed by atoms with E-state index in [9.17, 15) is 13.2 Å². The van der Waals surface area contributed by atoms with E-state index in [0.29, 0.717) is 42.6 Å². The van der Waals surface area contributed by atoms with Crippen molar-refractivity contribution in [3.05, 3.63) is 53.6 Å². The Morgan fingerprint density at radius 3 is 2.21 bits per heavy atom. The molecule has 1 fully saturated rings. The Morgan fingerprint density at radius 2 is 1.64 bits per heavy atom. The maximum Gasteiger partial charge on any atom is 0.262 e. The number of benzene rings is 2. The zero-order valence-corrected chi connectivity index (χ0v) is 17.0. The third-order valence-electron chi connectivity index (χ3n) is 4.41. The summed E-state index contributed by atoms with van der Waals surface area (Å²) in [6.07, 6.45) is 1.23. The number of hydrogen-bond acceptors (Lipinski definition) is 5. The van der Waals surface area contributed by atoms with Crippen LogP contribution in [0.1, 0.15) is 0 Å². The first-order chi connectivity index (χ1) is 13.3. The predicted octanol–water partition coefficient (Wildman–Crippen LogP) is 2.44. The molecule has 0 aromatic heterocycles. The van der Waals surface area contributed by atoms with E-state index >= 15 is 0 Å². The van der Waals surface area contributed by atoms with Crippen LogP contribution < -0.4 is 15.0 Å². The minimum absolute atomic E-state index is 0.100. The number of amides is 1. The first-order valence-corrected chi connectivity index (χ1v) is 11.0. The molecule has 0 aliphatic carbocycles. The summed E-state index contributed by atoms with van der Waals surface area (Å²) in [5, 5.41) is 3.39. The molecule has 9 heteroatoms. The zero-order valence-electron chi connectivity index (χ0n) is 15.5. The number of sulfonamides is 1. The third kappa shape index (κ3) is 5.60. The van der Waals surface area contributed by atoms with Crippen molar-refractivity contribution in [1.29, 1.82) is 0 Å². The molecule has 0 radical (unpaired) electrons. The molecule has 1 N–H and O–H groups in total. The highest BCUT2D eigenvalue weighted by Gasteiger charge is 2.23. The molecule has 28 heavy (non-hydrogen) atoms. The van der Waals surface area contributed by atoms with Crippen LogP contribution in [0.25, 0.3) is 0 Å². The largest absolute Gasteiger partial charge is 0.484 e. The van der Waals surface area contributed by atoms with E-state index in [1.54, 1.807) is 24.3 Å². The maximum atomic E-state index is 12.0. The SMILES string of the molecule is CS(=O)(=O)N1CCN(c2ccc(NC(=O)COc3ccc(Cl)cc3)cc2)CC1. The summed E-state index contributed by atoms with van der Waals surface area (Å²) in [6, 6.07) is 14.3. The first-order valence-electron chi connectivity index (χ1n) is 8.79. The Hall–Kier alpha value is -2.29. The summed E-state index contributed by atoms with van der Waals surface area (Å²) in [7, 11) is -3.14. The topological polar surface area (TPSA) is 79.0 Å². The molecule has 1 amide bonds. The molecule has 1 aliphatic rings. The Balaban J connectivity index is 1.49. The number of nitrogens with one attached hydrogen (secondary N) is 1. The fraction of sp³-hybridized carbons (Fsp3) is 0.316. The number of ether oxygens (including phenoxy) is 1. The molecule has 150 valence electrons. The van der Waals surface area contributed by atoms with E-state index in [1.165, 1.54) is 10.6 Å². The summed E-state index contributed by atoms with van der Waals surface area (Å²) in [5.74, 6) is 0.313. The van der Waals surface area contributed by atoms with E-state index in [2.05, 4.69) is 10.2 Å². The zero-order chi connectivity index (χ0) is 20.1. The Bertz CT molecular complexity index is 909. The Morgan fingerprint density at radius 1 is 1.04 bits per heavy atom. The van der Waals surface area contributed by atoms with Gasteiger partial charge in [-0.15, -0.1) is 0 Å². The standard InChI is InChI=1S/C19H22ClN3O4S/c1-28(25,26)23-12-10-22(11-13-23)17-6-4-16(5-7-17)21-19(24)14-27-18-8-2-15(20)3-9-18/h2-9H,10-14H2,1H3,(H,21,24). The molecule has 0 spiro atoms. The van der Waals surface area contributed by atoms with Gasteiger partial charge in [-0.05, 0) is 48.5 Å². The van der Waals surface area contributed by atoms with Crippen molar-refractivity contribution < 1.29 is 17.9 Å². The Labute approximate surface area is 169 Å². The third-order valence-corrected chi connectivity index (χ3v) is 5.96. The van der Waals surface area contributed by atoms with Crippen LogP contribution in [0.5, 0.6) is 5.75 Å². The molecule has 0 unspecified atom stereocenters. The van der Waals surface area contributed by atoms with E-state index in [4.69, 9.17) is 16.3 Å². The van der Waals surface area contributed by atoms with Gasteiger partial charge in [0.15, 0.2) is 6.61 Å². The Kier molecular flexibility index (Phi) is 6.43. The number of anilines is 2. The molecule has 0 saturated carbocycles. The molecule has 3 rings (SSSR count). The molecule has 2 aromatic rings. The monoisotopic (exact) mass is 423 g/mol. The van der Waals surface area contributed by atoms with Gasteiger partial charge in [-0.2, -0.15) is 4.31 Å². The predicted molar refractivity (Wildman–Crippen MR) is 111 cm³/mol. The van der Waals surface area contributed by atoms with Crippen LogP contribution in [0, 0.1) is 0 Å². The van der Waals surface area contributed by atoms with Crippen LogP contribution in [-0.4, -0.2) is 57.7 Å². The molecular weight excluding hydrogens is 402 g/mol. The average molecular weight is 424 g/mol. The van der Waals surface area contributed by atoms with E-state index in [0.717, 1.165) is 5.69 Å². The van der Waals surface area contributed by atoms with Gasteiger partial charge in [0.2, 0.25) is 10.0 Å². The van der Waals surface area contributed by atoms with Gasteiger partial charge >= 0.3 is 0 Å². The van der Waals surface area contributed by atoms with E-state index < -0.39 is 10.0 Å². The van der Waals surface area contributed by atoms with Gasteiger partial charge in [0.25, 0.3) is 5.91 Å². The number of rotatable bonds is 6. The lowest BCUT2D eigenvalue weighted by Gasteiger charge is -2.34. The normalized spacial score (nSPS) is 15.3. The van der Waals surface area contributed by atoms with Crippen molar-refractivity contribution in [3.8, 4) is 5.75 Å². The summed E-state index contributed by atoms with van der Waals surface area (Å²) in [6.45, 7) is 2.11. The number of carbonyl (C=O) groups excluding carboxylic acids is 1. The molecule has 1 aliphatic heterocycles. The van der Waals surface area contributed by atoms with Crippen LogP contribution in [0.15, 0.2) is 48.5 Å². The van der Waals surface area contributed by atoms with Crippen LogP contribution in [0.2, 0.25) is 5.02 Å². The quantitative estimate of drug-likeness (QED) is 0.772. The lowest BCUT2D eigenvalue weighted by atomic mass is 10.2. The number of carbonyl (C=O) groups is 1. The minimum Gasteiger partial charge on any atom is -0.484 e. The van der Waals surface area contributed by atoms with Gasteiger partial charge in [0.05, 0.1) is 6.26 Å². The van der Waals surface area contributed by atoms with Crippen molar-refractivity contribution in [2.75, 3.05) is 49.3 Å². The molecule has 0 bridgehead atoms. The molecule has 0 atom stereocenters. The molecule has 2 aromatic carbocycles. The summed E-state index contributed by atoms with van der Waals surface area (Å²) >= 11 is 5.81. The second kappa shape index (κ2) is 8.81. The van der Waals surface area contributed by atoms with Crippen molar-refractivity contribution >= 4 is 38.9 Å². The molecule has 1 heterocycles. The fourth-order valence-corrected chi connectivity index (χ4v) is 3.86.